The second-order valence-electron chi connectivity index (χ2n) is 7.22. The van der Waals surface area contributed by atoms with Crippen molar-refractivity contribution in [3.05, 3.63) is 50.3 Å². The molecule has 1 saturated heterocycles. The SMILES string of the molecule is O=C(Nc1sc2c(c1C(=O)NC[C@H]1CCCO1)CCCC2)c1ccc(Br)cc1. The number of hydrogen-bond acceptors (Lipinski definition) is 4. The summed E-state index contributed by atoms with van der Waals surface area (Å²) >= 11 is 4.92. The second kappa shape index (κ2) is 8.76. The average molecular weight is 463 g/mol. The maximum Gasteiger partial charge on any atom is 0.256 e. The molecule has 0 unspecified atom stereocenters. The molecule has 5 nitrogen and oxygen atoms in total. The highest BCUT2D eigenvalue weighted by atomic mass is 79.9. The van der Waals surface area contributed by atoms with E-state index >= 15 is 0 Å². The molecule has 0 bridgehead atoms. The molecular weight excluding hydrogens is 440 g/mol. The summed E-state index contributed by atoms with van der Waals surface area (Å²) in [6, 6.07) is 7.21. The Hall–Kier alpha value is -1.70. The highest BCUT2D eigenvalue weighted by Crippen LogP contribution is 2.38. The molecule has 148 valence electrons. The first-order valence-corrected chi connectivity index (χ1v) is 11.3. The van der Waals surface area contributed by atoms with Gasteiger partial charge in [0.25, 0.3) is 11.8 Å². The molecule has 2 aromatic rings. The van der Waals surface area contributed by atoms with Gasteiger partial charge in [0.15, 0.2) is 0 Å². The molecular formula is C21H23BrN2O3S. The first kappa shape index (κ1) is 19.6. The van der Waals surface area contributed by atoms with Gasteiger partial charge in [-0.15, -0.1) is 11.3 Å². The largest absolute Gasteiger partial charge is 0.376 e. The van der Waals surface area contributed by atoms with Crippen LogP contribution in [-0.2, 0) is 17.6 Å². The summed E-state index contributed by atoms with van der Waals surface area (Å²) in [7, 11) is 0. The lowest BCUT2D eigenvalue weighted by atomic mass is 9.95. The molecule has 1 fully saturated rings. The van der Waals surface area contributed by atoms with Crippen LogP contribution in [0.3, 0.4) is 0 Å². The molecule has 1 aromatic carbocycles. The molecule has 0 spiro atoms. The van der Waals surface area contributed by atoms with Crippen LogP contribution in [0.5, 0.6) is 0 Å². The lowest BCUT2D eigenvalue weighted by molar-refractivity contribution is 0.0858. The van der Waals surface area contributed by atoms with E-state index in [9.17, 15) is 9.59 Å². The van der Waals surface area contributed by atoms with E-state index in [1.54, 1.807) is 23.5 Å². The van der Waals surface area contributed by atoms with E-state index in [0.29, 0.717) is 22.7 Å². The molecule has 2 N–H and O–H groups in total. The van der Waals surface area contributed by atoms with Gasteiger partial charge >= 0.3 is 0 Å². The number of benzene rings is 1. The van der Waals surface area contributed by atoms with Gasteiger partial charge < -0.3 is 15.4 Å². The topological polar surface area (TPSA) is 67.4 Å². The number of thiophene rings is 1. The number of rotatable bonds is 5. The molecule has 0 radical (unpaired) electrons. The van der Waals surface area contributed by atoms with E-state index in [1.165, 1.54) is 4.88 Å². The van der Waals surface area contributed by atoms with E-state index in [0.717, 1.165) is 55.2 Å². The lowest BCUT2D eigenvalue weighted by Gasteiger charge is -2.15. The van der Waals surface area contributed by atoms with Crippen LogP contribution < -0.4 is 10.6 Å². The Morgan fingerprint density at radius 1 is 1.11 bits per heavy atom. The zero-order chi connectivity index (χ0) is 19.5. The fraction of sp³-hybridized carbons (Fsp3) is 0.429. The number of hydrogen-bond donors (Lipinski definition) is 2. The number of aryl methyl sites for hydroxylation is 1. The number of amides is 2. The van der Waals surface area contributed by atoms with Crippen LogP contribution in [-0.4, -0.2) is 31.1 Å². The van der Waals surface area contributed by atoms with E-state index < -0.39 is 0 Å². The molecule has 0 saturated carbocycles. The smallest absolute Gasteiger partial charge is 0.256 e. The third-order valence-corrected chi connectivity index (χ3v) is 6.98. The molecule has 1 atom stereocenters. The maximum atomic E-state index is 13.0. The van der Waals surface area contributed by atoms with Gasteiger partial charge in [-0.25, -0.2) is 0 Å². The number of anilines is 1. The summed E-state index contributed by atoms with van der Waals surface area (Å²) in [5.74, 6) is -0.305. The highest BCUT2D eigenvalue weighted by Gasteiger charge is 2.27. The van der Waals surface area contributed by atoms with Crippen molar-refractivity contribution >= 4 is 44.1 Å². The number of ether oxygens (including phenoxy) is 1. The van der Waals surface area contributed by atoms with Crippen LogP contribution in [0.2, 0.25) is 0 Å². The monoisotopic (exact) mass is 462 g/mol. The minimum absolute atomic E-state index is 0.0965. The first-order valence-electron chi connectivity index (χ1n) is 9.73. The van der Waals surface area contributed by atoms with Crippen molar-refractivity contribution in [3.63, 3.8) is 0 Å². The zero-order valence-electron chi connectivity index (χ0n) is 15.6. The minimum atomic E-state index is -0.195. The Morgan fingerprint density at radius 2 is 1.89 bits per heavy atom. The van der Waals surface area contributed by atoms with Gasteiger partial charge in [0.05, 0.1) is 11.7 Å². The highest BCUT2D eigenvalue weighted by molar-refractivity contribution is 9.10. The van der Waals surface area contributed by atoms with Crippen molar-refractivity contribution < 1.29 is 14.3 Å². The van der Waals surface area contributed by atoms with E-state index in [1.807, 2.05) is 12.1 Å². The fourth-order valence-electron chi connectivity index (χ4n) is 3.77. The van der Waals surface area contributed by atoms with Crippen molar-refractivity contribution in [2.75, 3.05) is 18.5 Å². The van der Waals surface area contributed by atoms with Gasteiger partial charge in [0.2, 0.25) is 0 Å². The summed E-state index contributed by atoms with van der Waals surface area (Å²) in [5, 5.41) is 6.66. The fourth-order valence-corrected chi connectivity index (χ4v) is 5.32. The van der Waals surface area contributed by atoms with Gasteiger partial charge in [-0.2, -0.15) is 0 Å². The molecule has 7 heteroatoms. The van der Waals surface area contributed by atoms with Gasteiger partial charge in [-0.05, 0) is 68.4 Å². The van der Waals surface area contributed by atoms with Crippen LogP contribution >= 0.6 is 27.3 Å². The van der Waals surface area contributed by atoms with Crippen LogP contribution in [0.25, 0.3) is 0 Å². The number of carbonyl (C=O) groups excluding carboxylic acids is 2. The number of fused-ring (bicyclic) bond motifs is 1. The van der Waals surface area contributed by atoms with E-state index in [4.69, 9.17) is 4.74 Å². The summed E-state index contributed by atoms with van der Waals surface area (Å²) in [4.78, 5) is 26.9. The third kappa shape index (κ3) is 4.31. The van der Waals surface area contributed by atoms with Gasteiger partial charge in [-0.1, -0.05) is 15.9 Å². The zero-order valence-corrected chi connectivity index (χ0v) is 18.0. The van der Waals surface area contributed by atoms with Crippen LogP contribution in [0.15, 0.2) is 28.7 Å². The normalized spacial score (nSPS) is 18.5. The van der Waals surface area contributed by atoms with Crippen molar-refractivity contribution in [1.82, 2.24) is 5.32 Å². The Bertz CT molecular complexity index is 873. The Kier molecular flexibility index (Phi) is 6.13. The molecule has 4 rings (SSSR count). The molecule has 1 aliphatic carbocycles. The van der Waals surface area contributed by atoms with E-state index in [2.05, 4.69) is 26.6 Å². The molecule has 2 amide bonds. The van der Waals surface area contributed by atoms with Crippen molar-refractivity contribution in [3.8, 4) is 0 Å². The summed E-state index contributed by atoms with van der Waals surface area (Å²) in [6.07, 6.45) is 6.20. The Labute approximate surface area is 177 Å². The lowest BCUT2D eigenvalue weighted by Crippen LogP contribution is -2.32. The quantitative estimate of drug-likeness (QED) is 0.684. The minimum Gasteiger partial charge on any atom is -0.376 e. The van der Waals surface area contributed by atoms with Crippen LogP contribution in [0, 0.1) is 0 Å². The number of nitrogens with one attached hydrogen (secondary N) is 2. The van der Waals surface area contributed by atoms with Gasteiger partial charge in [-0.3, -0.25) is 9.59 Å². The summed E-state index contributed by atoms with van der Waals surface area (Å²) in [5.41, 5.74) is 2.32. The standard InChI is InChI=1S/C21H23BrN2O3S/c22-14-9-7-13(8-10-14)19(25)24-21-18(16-5-1-2-6-17(16)28-21)20(26)23-12-15-4-3-11-27-15/h7-10,15H,1-6,11-12H2,(H,23,26)(H,24,25)/t15-/m1/s1. The Balaban J connectivity index is 1.55. The van der Waals surface area contributed by atoms with Crippen molar-refractivity contribution in [2.45, 2.75) is 44.6 Å². The summed E-state index contributed by atoms with van der Waals surface area (Å²) < 4.78 is 6.53. The summed E-state index contributed by atoms with van der Waals surface area (Å²) in [6.45, 7) is 1.28. The number of halogens is 1. The van der Waals surface area contributed by atoms with Crippen molar-refractivity contribution in [1.29, 1.82) is 0 Å². The molecule has 28 heavy (non-hydrogen) atoms. The van der Waals surface area contributed by atoms with Crippen LogP contribution in [0.4, 0.5) is 5.00 Å². The number of carbonyl (C=O) groups is 2. The molecule has 1 aliphatic heterocycles. The Morgan fingerprint density at radius 3 is 2.64 bits per heavy atom. The average Bonchev–Trinajstić information content (AvgIpc) is 3.34. The predicted octanol–water partition coefficient (Wildman–Crippen LogP) is 4.55. The molecule has 1 aromatic heterocycles. The molecule has 2 aliphatic rings. The first-order chi connectivity index (χ1) is 13.6. The second-order valence-corrected chi connectivity index (χ2v) is 9.24. The van der Waals surface area contributed by atoms with Crippen molar-refractivity contribution in [2.24, 2.45) is 0 Å². The molecule has 2 heterocycles. The van der Waals surface area contributed by atoms with Gasteiger partial charge in [0, 0.05) is 28.1 Å². The maximum absolute atomic E-state index is 13.0. The van der Waals surface area contributed by atoms with Gasteiger partial charge in [0.1, 0.15) is 5.00 Å². The third-order valence-electron chi connectivity index (χ3n) is 5.25. The predicted molar refractivity (Wildman–Crippen MR) is 114 cm³/mol. The van der Waals surface area contributed by atoms with E-state index in [-0.39, 0.29) is 17.9 Å². The van der Waals surface area contributed by atoms with Crippen LogP contribution in [0.1, 0.15) is 56.8 Å².